The largest absolute Gasteiger partial charge is 0.383 e. The van der Waals surface area contributed by atoms with Gasteiger partial charge in [-0.15, -0.1) is 0 Å². The Labute approximate surface area is 125 Å². The maximum atomic E-state index is 11.9. The fourth-order valence-corrected chi connectivity index (χ4v) is 2.82. The average Bonchev–Trinajstić information content (AvgIpc) is 3.04. The lowest BCUT2D eigenvalue weighted by Crippen LogP contribution is -2.45. The summed E-state index contributed by atoms with van der Waals surface area (Å²) >= 11 is 0. The molecule has 1 aliphatic rings. The highest BCUT2D eigenvalue weighted by Crippen LogP contribution is 2.36. The van der Waals surface area contributed by atoms with E-state index in [9.17, 15) is 9.90 Å². The molecule has 6 heteroatoms. The van der Waals surface area contributed by atoms with Crippen molar-refractivity contribution in [1.82, 2.24) is 20.4 Å². The van der Waals surface area contributed by atoms with Crippen molar-refractivity contribution >= 4 is 6.03 Å². The number of carbonyl (C=O) groups is 1. The summed E-state index contributed by atoms with van der Waals surface area (Å²) in [6, 6.07) is -0.229. The first-order valence-electron chi connectivity index (χ1n) is 7.54. The van der Waals surface area contributed by atoms with Gasteiger partial charge in [0.05, 0.1) is 12.7 Å². The van der Waals surface area contributed by atoms with Gasteiger partial charge in [0.2, 0.25) is 0 Å². The molecule has 0 saturated heterocycles. The van der Waals surface area contributed by atoms with Crippen LogP contribution in [0.1, 0.15) is 45.1 Å². The normalized spacial score (nSPS) is 20.0. The van der Waals surface area contributed by atoms with E-state index in [-0.39, 0.29) is 18.0 Å². The molecule has 1 aromatic heterocycles. The molecule has 1 aromatic rings. The second-order valence-electron chi connectivity index (χ2n) is 6.73. The highest BCUT2D eigenvalue weighted by atomic mass is 16.3. The van der Waals surface area contributed by atoms with Crippen LogP contribution < -0.4 is 10.6 Å². The maximum Gasteiger partial charge on any atom is 0.314 e. The summed E-state index contributed by atoms with van der Waals surface area (Å²) in [6.07, 6.45) is 8.19. The predicted molar refractivity (Wildman–Crippen MR) is 80.8 cm³/mol. The van der Waals surface area contributed by atoms with Crippen molar-refractivity contribution in [1.29, 1.82) is 0 Å². The molecule has 1 atom stereocenters. The third-order valence-electron chi connectivity index (χ3n) is 4.41. The van der Waals surface area contributed by atoms with Crippen LogP contribution >= 0.6 is 0 Å². The predicted octanol–water partition coefficient (Wildman–Crippen LogP) is 1.51. The molecule has 3 N–H and O–H groups in total. The monoisotopic (exact) mass is 294 g/mol. The van der Waals surface area contributed by atoms with Gasteiger partial charge in [-0.1, -0.05) is 19.8 Å². The van der Waals surface area contributed by atoms with Gasteiger partial charge in [0.1, 0.15) is 5.60 Å². The van der Waals surface area contributed by atoms with E-state index in [4.69, 9.17) is 0 Å². The Hall–Kier alpha value is -1.56. The van der Waals surface area contributed by atoms with Crippen LogP contribution in [0.5, 0.6) is 0 Å². The van der Waals surface area contributed by atoms with Gasteiger partial charge >= 0.3 is 6.03 Å². The first kappa shape index (κ1) is 15.8. The number of aromatic nitrogens is 2. The van der Waals surface area contributed by atoms with Crippen molar-refractivity contribution in [3.8, 4) is 0 Å². The molecule has 0 aromatic carbocycles. The Morgan fingerprint density at radius 3 is 2.71 bits per heavy atom. The molecule has 6 nitrogen and oxygen atoms in total. The van der Waals surface area contributed by atoms with Crippen molar-refractivity contribution < 1.29 is 9.90 Å². The molecule has 21 heavy (non-hydrogen) atoms. The number of rotatable bonds is 5. The summed E-state index contributed by atoms with van der Waals surface area (Å²) in [6.45, 7) is 4.73. The molecular formula is C15H26N4O2. The molecule has 0 bridgehead atoms. The van der Waals surface area contributed by atoms with E-state index in [0.29, 0.717) is 12.1 Å². The van der Waals surface area contributed by atoms with Gasteiger partial charge in [-0.05, 0) is 25.2 Å². The van der Waals surface area contributed by atoms with Crippen molar-refractivity contribution in [3.63, 3.8) is 0 Å². The van der Waals surface area contributed by atoms with E-state index in [1.165, 1.54) is 25.7 Å². The van der Waals surface area contributed by atoms with Gasteiger partial charge < -0.3 is 15.7 Å². The van der Waals surface area contributed by atoms with E-state index in [1.54, 1.807) is 31.0 Å². The number of carbonyl (C=O) groups excluding carboxylic acids is 1. The first-order chi connectivity index (χ1) is 9.81. The van der Waals surface area contributed by atoms with Crippen LogP contribution in [0.25, 0.3) is 0 Å². The van der Waals surface area contributed by atoms with Gasteiger partial charge in [0.25, 0.3) is 0 Å². The Morgan fingerprint density at radius 2 is 2.14 bits per heavy atom. The zero-order valence-corrected chi connectivity index (χ0v) is 13.1. The molecule has 2 amide bonds. The highest BCUT2D eigenvalue weighted by Gasteiger charge is 2.29. The standard InChI is InChI=1S/C15H26N4O2/c1-14(6-4-5-7-14)10-16-13(20)17-11-15(2,21)12-8-18-19(3)9-12/h8-9,21H,4-7,10-11H2,1-3H3,(H2,16,17,20). The number of aliphatic hydroxyl groups is 1. The molecule has 1 fully saturated rings. The minimum Gasteiger partial charge on any atom is -0.383 e. The Balaban J connectivity index is 1.78. The van der Waals surface area contributed by atoms with E-state index >= 15 is 0 Å². The molecule has 118 valence electrons. The molecule has 0 aliphatic heterocycles. The van der Waals surface area contributed by atoms with Gasteiger partial charge in [-0.25, -0.2) is 4.79 Å². The molecule has 0 radical (unpaired) electrons. The second kappa shape index (κ2) is 6.05. The van der Waals surface area contributed by atoms with Gasteiger partial charge in [-0.3, -0.25) is 4.68 Å². The first-order valence-corrected chi connectivity index (χ1v) is 7.54. The van der Waals surface area contributed by atoms with Crippen LogP contribution in [-0.4, -0.2) is 34.0 Å². The van der Waals surface area contributed by atoms with Gasteiger partial charge in [-0.2, -0.15) is 5.10 Å². The molecule has 2 rings (SSSR count). The lowest BCUT2D eigenvalue weighted by atomic mass is 9.89. The Bertz CT molecular complexity index is 490. The fourth-order valence-electron chi connectivity index (χ4n) is 2.82. The number of urea groups is 1. The number of hydrogen-bond donors (Lipinski definition) is 3. The van der Waals surface area contributed by atoms with E-state index in [1.807, 2.05) is 0 Å². The van der Waals surface area contributed by atoms with Crippen molar-refractivity contribution in [2.24, 2.45) is 12.5 Å². The van der Waals surface area contributed by atoms with Crippen molar-refractivity contribution in [2.75, 3.05) is 13.1 Å². The van der Waals surface area contributed by atoms with E-state index in [0.717, 1.165) is 0 Å². The smallest absolute Gasteiger partial charge is 0.314 e. The van der Waals surface area contributed by atoms with Crippen LogP contribution in [0.2, 0.25) is 0 Å². The Kier molecular flexibility index (Phi) is 4.56. The van der Waals surface area contributed by atoms with Crippen molar-refractivity contribution in [2.45, 2.75) is 45.1 Å². The molecular weight excluding hydrogens is 268 g/mol. The number of hydrogen-bond acceptors (Lipinski definition) is 3. The molecule has 1 saturated carbocycles. The summed E-state index contributed by atoms with van der Waals surface area (Å²) in [7, 11) is 1.79. The minimum atomic E-state index is -1.12. The summed E-state index contributed by atoms with van der Waals surface area (Å²) in [4.78, 5) is 11.9. The maximum absolute atomic E-state index is 11.9. The average molecular weight is 294 g/mol. The third-order valence-corrected chi connectivity index (χ3v) is 4.41. The minimum absolute atomic E-state index is 0.154. The lowest BCUT2D eigenvalue weighted by molar-refractivity contribution is 0.0592. The topological polar surface area (TPSA) is 79.2 Å². The summed E-state index contributed by atoms with van der Waals surface area (Å²) in [5.74, 6) is 0. The van der Waals surface area contributed by atoms with Gasteiger partial charge in [0.15, 0.2) is 0 Å². The number of nitrogens with zero attached hydrogens (tertiary/aromatic N) is 2. The summed E-state index contributed by atoms with van der Waals surface area (Å²) < 4.78 is 1.63. The Morgan fingerprint density at radius 1 is 1.48 bits per heavy atom. The van der Waals surface area contributed by atoms with Crippen LogP contribution in [-0.2, 0) is 12.6 Å². The summed E-state index contributed by atoms with van der Waals surface area (Å²) in [5, 5.41) is 20.1. The highest BCUT2D eigenvalue weighted by molar-refractivity contribution is 5.74. The number of nitrogens with one attached hydrogen (secondary N) is 2. The van der Waals surface area contributed by atoms with Crippen LogP contribution in [0, 0.1) is 5.41 Å². The number of aryl methyl sites for hydroxylation is 1. The molecule has 1 heterocycles. The van der Waals surface area contributed by atoms with E-state index < -0.39 is 5.60 Å². The zero-order valence-electron chi connectivity index (χ0n) is 13.1. The fraction of sp³-hybridized carbons (Fsp3) is 0.733. The van der Waals surface area contributed by atoms with E-state index in [2.05, 4.69) is 22.7 Å². The molecule has 1 aliphatic carbocycles. The number of amides is 2. The van der Waals surface area contributed by atoms with Crippen LogP contribution in [0.3, 0.4) is 0 Å². The van der Waals surface area contributed by atoms with Crippen LogP contribution in [0.4, 0.5) is 4.79 Å². The SMILES string of the molecule is Cn1cc(C(C)(O)CNC(=O)NCC2(C)CCCC2)cn1. The van der Waals surface area contributed by atoms with Crippen molar-refractivity contribution in [3.05, 3.63) is 18.0 Å². The lowest BCUT2D eigenvalue weighted by Gasteiger charge is -2.25. The summed E-state index contributed by atoms with van der Waals surface area (Å²) in [5.41, 5.74) is -0.209. The van der Waals surface area contributed by atoms with Gasteiger partial charge in [0, 0.05) is 25.4 Å². The van der Waals surface area contributed by atoms with Crippen LogP contribution in [0.15, 0.2) is 12.4 Å². The molecule has 1 unspecified atom stereocenters. The third kappa shape index (κ3) is 4.20. The molecule has 0 spiro atoms. The zero-order chi connectivity index (χ0) is 15.5. The quantitative estimate of drug-likeness (QED) is 0.770. The second-order valence-corrected chi connectivity index (χ2v) is 6.73.